The highest BCUT2D eigenvalue weighted by Crippen LogP contribution is 2.24. The molecule has 1 aromatic rings. The summed E-state index contributed by atoms with van der Waals surface area (Å²) in [6.07, 6.45) is 4.34. The molecular weight excluding hydrogens is 308 g/mol. The molecule has 0 radical (unpaired) electrons. The molecule has 0 heterocycles. The van der Waals surface area contributed by atoms with Gasteiger partial charge in [-0.15, -0.1) is 0 Å². The Hall–Kier alpha value is -2.24. The van der Waals surface area contributed by atoms with Gasteiger partial charge >= 0.3 is 12.0 Å². The molecule has 0 unspecified atom stereocenters. The predicted octanol–water partition coefficient (Wildman–Crippen LogP) is 3.63. The summed E-state index contributed by atoms with van der Waals surface area (Å²) in [7, 11) is 0. The molecule has 6 heteroatoms. The minimum Gasteiger partial charge on any atom is -0.478 e. The molecule has 0 bridgehead atoms. The van der Waals surface area contributed by atoms with Gasteiger partial charge in [-0.3, -0.25) is 0 Å². The number of amides is 2. The lowest BCUT2D eigenvalue weighted by Gasteiger charge is -2.27. The number of hydrogen-bond donors (Lipinski definition) is 3. The smallest absolute Gasteiger partial charge is 0.347 e. The van der Waals surface area contributed by atoms with Crippen molar-refractivity contribution in [1.29, 1.82) is 0 Å². The number of rotatable bonds is 5. The molecule has 1 aliphatic rings. The molecule has 2 amide bonds. The predicted molar refractivity (Wildman–Crippen MR) is 92.4 cm³/mol. The highest BCUT2D eigenvalue weighted by Gasteiger charge is 2.29. The Morgan fingerprint density at radius 1 is 1.12 bits per heavy atom. The number of carbonyl (C=O) groups is 2. The van der Waals surface area contributed by atoms with Crippen LogP contribution >= 0.6 is 0 Å². The molecule has 3 N–H and O–H groups in total. The molecule has 6 nitrogen and oxygen atoms in total. The van der Waals surface area contributed by atoms with Crippen molar-refractivity contribution in [3.8, 4) is 5.75 Å². The van der Waals surface area contributed by atoms with E-state index in [1.54, 1.807) is 24.3 Å². The summed E-state index contributed by atoms with van der Waals surface area (Å²) < 4.78 is 5.43. The second kappa shape index (κ2) is 7.55. The Balaban J connectivity index is 1.85. The van der Waals surface area contributed by atoms with Crippen molar-refractivity contribution >= 4 is 17.7 Å². The monoisotopic (exact) mass is 334 g/mol. The van der Waals surface area contributed by atoms with E-state index in [9.17, 15) is 9.59 Å². The van der Waals surface area contributed by atoms with Gasteiger partial charge in [0.2, 0.25) is 0 Å². The highest BCUT2D eigenvalue weighted by atomic mass is 16.5. The Morgan fingerprint density at radius 2 is 1.71 bits per heavy atom. The maximum absolute atomic E-state index is 12.0. The van der Waals surface area contributed by atoms with Crippen LogP contribution in [0, 0.1) is 5.92 Å². The van der Waals surface area contributed by atoms with E-state index in [2.05, 4.69) is 17.6 Å². The van der Waals surface area contributed by atoms with Crippen molar-refractivity contribution in [2.45, 2.75) is 58.1 Å². The van der Waals surface area contributed by atoms with Crippen LogP contribution in [0.2, 0.25) is 0 Å². The first-order chi connectivity index (χ1) is 11.3. The first-order valence-electron chi connectivity index (χ1n) is 8.36. The number of urea groups is 1. The number of aliphatic carboxylic acids is 1. The largest absolute Gasteiger partial charge is 0.478 e. The van der Waals surface area contributed by atoms with Crippen molar-refractivity contribution in [3.05, 3.63) is 24.3 Å². The van der Waals surface area contributed by atoms with E-state index < -0.39 is 11.6 Å². The number of hydrogen-bond acceptors (Lipinski definition) is 3. The van der Waals surface area contributed by atoms with Crippen LogP contribution < -0.4 is 15.4 Å². The lowest BCUT2D eigenvalue weighted by molar-refractivity contribution is -0.152. The normalized spacial score (nSPS) is 21.0. The second-order valence-corrected chi connectivity index (χ2v) is 7.00. The van der Waals surface area contributed by atoms with Crippen LogP contribution in [0.3, 0.4) is 0 Å². The zero-order valence-corrected chi connectivity index (χ0v) is 14.5. The van der Waals surface area contributed by atoms with Gasteiger partial charge < -0.3 is 20.5 Å². The van der Waals surface area contributed by atoms with Crippen molar-refractivity contribution < 1.29 is 19.4 Å². The van der Waals surface area contributed by atoms with Crippen LogP contribution in [-0.4, -0.2) is 28.7 Å². The number of nitrogens with one attached hydrogen (secondary N) is 2. The summed E-state index contributed by atoms with van der Waals surface area (Å²) in [4.78, 5) is 23.1. The Bertz CT molecular complexity index is 575. The molecule has 1 aliphatic carbocycles. The van der Waals surface area contributed by atoms with E-state index in [4.69, 9.17) is 9.84 Å². The van der Waals surface area contributed by atoms with Gasteiger partial charge in [0.25, 0.3) is 0 Å². The third-order valence-electron chi connectivity index (χ3n) is 4.35. The van der Waals surface area contributed by atoms with Gasteiger partial charge in [-0.1, -0.05) is 6.92 Å². The number of carbonyl (C=O) groups excluding carboxylic acids is 1. The van der Waals surface area contributed by atoms with E-state index in [1.165, 1.54) is 13.8 Å². The van der Waals surface area contributed by atoms with E-state index in [0.717, 1.165) is 31.6 Å². The third-order valence-corrected chi connectivity index (χ3v) is 4.35. The van der Waals surface area contributed by atoms with Crippen LogP contribution in [0.25, 0.3) is 0 Å². The molecule has 1 fully saturated rings. The molecule has 0 atom stereocenters. The third kappa shape index (κ3) is 5.15. The molecular formula is C18H26N2O4. The van der Waals surface area contributed by atoms with Crippen molar-refractivity contribution in [2.75, 3.05) is 5.32 Å². The fourth-order valence-electron chi connectivity index (χ4n) is 2.70. The number of carboxylic acids is 1. The quantitative estimate of drug-likeness (QED) is 0.767. The molecule has 2 rings (SSSR count). The molecule has 132 valence electrons. The van der Waals surface area contributed by atoms with Gasteiger partial charge in [-0.2, -0.15) is 0 Å². The minimum atomic E-state index is -1.30. The minimum absolute atomic E-state index is 0.214. The summed E-state index contributed by atoms with van der Waals surface area (Å²) in [6.45, 7) is 5.21. The fourth-order valence-corrected chi connectivity index (χ4v) is 2.70. The van der Waals surface area contributed by atoms with Crippen molar-refractivity contribution in [2.24, 2.45) is 5.92 Å². The maximum Gasteiger partial charge on any atom is 0.347 e. The lowest BCUT2D eigenvalue weighted by atomic mass is 9.87. The lowest BCUT2D eigenvalue weighted by Crippen LogP contribution is -2.40. The van der Waals surface area contributed by atoms with Gasteiger partial charge in [0, 0.05) is 11.7 Å². The SMILES string of the molecule is CC1CCC(NC(=O)Nc2ccc(OC(C)(C)C(=O)O)cc2)CC1. The maximum atomic E-state index is 12.0. The topological polar surface area (TPSA) is 87.7 Å². The number of benzene rings is 1. The van der Waals surface area contributed by atoms with Gasteiger partial charge in [-0.05, 0) is 69.7 Å². The number of ether oxygens (including phenoxy) is 1. The van der Waals surface area contributed by atoms with Gasteiger partial charge in [0.15, 0.2) is 5.60 Å². The Morgan fingerprint density at radius 3 is 2.25 bits per heavy atom. The molecule has 1 saturated carbocycles. The van der Waals surface area contributed by atoms with Gasteiger partial charge in [0.05, 0.1) is 0 Å². The zero-order chi connectivity index (χ0) is 17.7. The Kier molecular flexibility index (Phi) is 5.70. The molecule has 0 saturated heterocycles. The summed E-state index contributed by atoms with van der Waals surface area (Å²) in [5.41, 5.74) is -0.665. The van der Waals surface area contributed by atoms with Crippen molar-refractivity contribution in [3.63, 3.8) is 0 Å². The number of carboxylic acid groups (broad SMARTS) is 1. The first-order valence-corrected chi connectivity index (χ1v) is 8.36. The van der Waals surface area contributed by atoms with E-state index >= 15 is 0 Å². The van der Waals surface area contributed by atoms with Crippen LogP contribution in [0.15, 0.2) is 24.3 Å². The molecule has 0 aromatic heterocycles. The van der Waals surface area contributed by atoms with E-state index in [-0.39, 0.29) is 12.1 Å². The van der Waals surface area contributed by atoms with Crippen LogP contribution in [0.4, 0.5) is 10.5 Å². The Labute approximate surface area is 142 Å². The molecule has 24 heavy (non-hydrogen) atoms. The zero-order valence-electron chi connectivity index (χ0n) is 14.5. The van der Waals surface area contributed by atoms with Crippen molar-refractivity contribution in [1.82, 2.24) is 5.32 Å². The summed E-state index contributed by atoms with van der Waals surface area (Å²) in [5.74, 6) is 0.147. The first kappa shape index (κ1) is 18.1. The van der Waals surface area contributed by atoms with Gasteiger partial charge in [0.1, 0.15) is 5.75 Å². The van der Waals surface area contributed by atoms with Crippen LogP contribution in [-0.2, 0) is 4.79 Å². The van der Waals surface area contributed by atoms with Gasteiger partial charge in [-0.25, -0.2) is 9.59 Å². The molecule has 0 spiro atoms. The van der Waals surface area contributed by atoms with E-state index in [0.29, 0.717) is 11.4 Å². The fraction of sp³-hybridized carbons (Fsp3) is 0.556. The van der Waals surface area contributed by atoms with Crippen LogP contribution in [0.1, 0.15) is 46.5 Å². The molecule has 0 aliphatic heterocycles. The average Bonchev–Trinajstić information content (AvgIpc) is 2.51. The van der Waals surface area contributed by atoms with Crippen LogP contribution in [0.5, 0.6) is 5.75 Å². The summed E-state index contributed by atoms with van der Waals surface area (Å²) >= 11 is 0. The summed E-state index contributed by atoms with van der Waals surface area (Å²) in [5, 5.41) is 14.8. The molecule has 1 aromatic carbocycles. The summed E-state index contributed by atoms with van der Waals surface area (Å²) in [6, 6.07) is 6.69. The number of anilines is 1. The highest BCUT2D eigenvalue weighted by molar-refractivity contribution is 5.89. The second-order valence-electron chi connectivity index (χ2n) is 7.00. The average molecular weight is 334 g/mol. The standard InChI is InChI=1S/C18H26N2O4/c1-12-4-6-13(7-5-12)19-17(23)20-14-8-10-15(11-9-14)24-18(2,3)16(21)22/h8-13H,4-7H2,1-3H3,(H,21,22)(H2,19,20,23). The van der Waals surface area contributed by atoms with E-state index in [1.807, 2.05) is 0 Å².